The van der Waals surface area contributed by atoms with Crippen LogP contribution in [0.15, 0.2) is 0 Å². The van der Waals surface area contributed by atoms with E-state index in [-0.39, 0.29) is 11.8 Å². The monoisotopic (exact) mass is 243 g/mol. The molecule has 5 unspecified atom stereocenters. The van der Waals surface area contributed by atoms with E-state index < -0.39 is 9.84 Å². The van der Waals surface area contributed by atoms with Crippen molar-refractivity contribution in [2.24, 2.45) is 23.7 Å². The molecule has 0 aliphatic heterocycles. The Balaban J connectivity index is 1.55. The predicted molar refractivity (Wildman–Crippen MR) is 63.9 cm³/mol. The smallest absolute Gasteiger partial charge is 0.148 e. The molecular weight excluding hydrogens is 222 g/mol. The lowest BCUT2D eigenvalue weighted by molar-refractivity contribution is 0.438. The zero-order chi connectivity index (χ0) is 11.5. The summed E-state index contributed by atoms with van der Waals surface area (Å²) in [5.74, 6) is 3.97. The maximum Gasteiger partial charge on any atom is 0.148 e. The van der Waals surface area contributed by atoms with Crippen LogP contribution in [0.5, 0.6) is 0 Å². The maximum absolute atomic E-state index is 11.2. The Bertz CT molecular complexity index is 376. The van der Waals surface area contributed by atoms with Gasteiger partial charge in [-0.2, -0.15) is 0 Å². The molecule has 5 atom stereocenters. The molecule has 3 fully saturated rings. The van der Waals surface area contributed by atoms with Gasteiger partial charge in [0.15, 0.2) is 0 Å². The summed E-state index contributed by atoms with van der Waals surface area (Å²) in [5, 5.41) is 3.53. The van der Waals surface area contributed by atoms with Crippen LogP contribution in [-0.4, -0.2) is 32.5 Å². The summed E-state index contributed by atoms with van der Waals surface area (Å²) in [5.41, 5.74) is 0. The Hall–Kier alpha value is -0.0900. The number of sulfone groups is 1. The van der Waals surface area contributed by atoms with Gasteiger partial charge in [0.25, 0.3) is 0 Å². The Morgan fingerprint density at radius 1 is 1.25 bits per heavy atom. The predicted octanol–water partition coefficient (Wildman–Crippen LogP) is 1.05. The van der Waals surface area contributed by atoms with Crippen LogP contribution in [-0.2, 0) is 9.84 Å². The minimum Gasteiger partial charge on any atom is -0.310 e. The molecule has 0 radical (unpaired) electrons. The molecule has 0 heterocycles. The average Bonchev–Trinajstić information content (AvgIpc) is 2.56. The van der Waals surface area contributed by atoms with Gasteiger partial charge in [0, 0.05) is 18.3 Å². The minimum absolute atomic E-state index is 0.116. The van der Waals surface area contributed by atoms with Gasteiger partial charge < -0.3 is 5.32 Å². The number of fused-ring (bicyclic) bond motifs is 5. The van der Waals surface area contributed by atoms with Crippen LogP contribution < -0.4 is 5.32 Å². The molecule has 3 saturated carbocycles. The first-order valence-electron chi connectivity index (χ1n) is 6.39. The maximum atomic E-state index is 11.2. The van der Waals surface area contributed by atoms with Crippen molar-refractivity contribution in [1.29, 1.82) is 0 Å². The highest BCUT2D eigenvalue weighted by atomic mass is 32.2. The van der Waals surface area contributed by atoms with Crippen molar-refractivity contribution in [3.63, 3.8) is 0 Å². The highest BCUT2D eigenvalue weighted by molar-refractivity contribution is 7.90. The third kappa shape index (κ3) is 1.80. The van der Waals surface area contributed by atoms with Gasteiger partial charge >= 0.3 is 0 Å². The molecule has 0 aromatic rings. The largest absolute Gasteiger partial charge is 0.310 e. The zero-order valence-corrected chi connectivity index (χ0v) is 10.8. The van der Waals surface area contributed by atoms with Crippen LogP contribution in [0.1, 0.15) is 26.2 Å². The minimum atomic E-state index is -2.84. The van der Waals surface area contributed by atoms with E-state index in [9.17, 15) is 8.42 Å². The van der Waals surface area contributed by atoms with E-state index in [4.69, 9.17) is 0 Å². The van der Waals surface area contributed by atoms with Gasteiger partial charge in [-0.05, 0) is 49.9 Å². The van der Waals surface area contributed by atoms with E-state index in [1.807, 2.05) is 6.92 Å². The third-order valence-electron chi connectivity index (χ3n) is 4.77. The molecule has 0 amide bonds. The summed E-state index contributed by atoms with van der Waals surface area (Å²) < 4.78 is 22.4. The third-order valence-corrected chi connectivity index (χ3v) is 5.87. The Morgan fingerprint density at radius 2 is 1.81 bits per heavy atom. The van der Waals surface area contributed by atoms with Crippen molar-refractivity contribution in [3.8, 4) is 0 Å². The number of rotatable bonds is 4. The lowest BCUT2D eigenvalue weighted by atomic mass is 10.0. The van der Waals surface area contributed by atoms with E-state index in [2.05, 4.69) is 5.32 Å². The first-order chi connectivity index (χ1) is 7.46. The van der Waals surface area contributed by atoms with Crippen molar-refractivity contribution < 1.29 is 8.42 Å². The standard InChI is InChI=1S/C12H21NO2S/c1-7(6-16(2,14)15)13-12-10-8-3-4-9(5-8)11(10)12/h7-13H,3-6H2,1-2H3. The second-order valence-electron chi connectivity index (χ2n) is 6.17. The second-order valence-corrected chi connectivity index (χ2v) is 8.36. The molecule has 0 aromatic carbocycles. The molecular formula is C12H21NO2S. The van der Waals surface area contributed by atoms with E-state index in [1.54, 1.807) is 0 Å². The summed E-state index contributed by atoms with van der Waals surface area (Å²) in [4.78, 5) is 0. The first kappa shape index (κ1) is 11.0. The number of hydrogen-bond acceptors (Lipinski definition) is 3. The van der Waals surface area contributed by atoms with Gasteiger partial charge in [-0.25, -0.2) is 8.42 Å². The van der Waals surface area contributed by atoms with E-state index >= 15 is 0 Å². The topological polar surface area (TPSA) is 46.2 Å². The molecule has 0 saturated heterocycles. The van der Waals surface area contributed by atoms with Crippen molar-refractivity contribution in [2.75, 3.05) is 12.0 Å². The van der Waals surface area contributed by atoms with Crippen molar-refractivity contribution in [2.45, 2.75) is 38.3 Å². The highest BCUT2D eigenvalue weighted by Gasteiger charge is 2.64. The SMILES string of the molecule is CC(CS(C)(=O)=O)NC1C2C3CCC(C3)C12. The lowest BCUT2D eigenvalue weighted by Crippen LogP contribution is -2.36. The molecule has 3 aliphatic carbocycles. The van der Waals surface area contributed by atoms with Crippen LogP contribution in [0.3, 0.4) is 0 Å². The molecule has 0 aromatic heterocycles. The summed E-state index contributed by atoms with van der Waals surface area (Å²) >= 11 is 0. The van der Waals surface area contributed by atoms with Crippen molar-refractivity contribution in [1.82, 2.24) is 5.32 Å². The van der Waals surface area contributed by atoms with Gasteiger partial charge in [-0.1, -0.05) is 0 Å². The van der Waals surface area contributed by atoms with Gasteiger partial charge in [0.2, 0.25) is 0 Å². The Morgan fingerprint density at radius 3 is 2.31 bits per heavy atom. The molecule has 3 nitrogen and oxygen atoms in total. The molecule has 4 heteroatoms. The summed E-state index contributed by atoms with van der Waals surface area (Å²) in [6.07, 6.45) is 5.62. The van der Waals surface area contributed by atoms with Crippen LogP contribution >= 0.6 is 0 Å². The number of hydrogen-bond donors (Lipinski definition) is 1. The second kappa shape index (κ2) is 3.45. The Kier molecular flexibility index (Phi) is 2.38. The molecule has 3 rings (SSSR count). The van der Waals surface area contributed by atoms with Crippen LogP contribution in [0.25, 0.3) is 0 Å². The first-order valence-corrected chi connectivity index (χ1v) is 8.45. The fourth-order valence-corrected chi connectivity index (χ4v) is 5.38. The van der Waals surface area contributed by atoms with Gasteiger partial charge in [0.05, 0.1) is 5.75 Å². The van der Waals surface area contributed by atoms with Crippen molar-refractivity contribution in [3.05, 3.63) is 0 Å². The number of nitrogens with one attached hydrogen (secondary N) is 1. The summed E-state index contributed by atoms with van der Waals surface area (Å²) in [6, 6.07) is 0.757. The highest BCUT2D eigenvalue weighted by Crippen LogP contribution is 2.65. The van der Waals surface area contributed by atoms with Crippen LogP contribution in [0.4, 0.5) is 0 Å². The quantitative estimate of drug-likeness (QED) is 0.803. The summed E-state index contributed by atoms with van der Waals surface area (Å²) in [7, 11) is -2.84. The normalized spacial score (nSPS) is 46.8. The van der Waals surface area contributed by atoms with Gasteiger partial charge in [-0.15, -0.1) is 0 Å². The molecule has 92 valence electrons. The fourth-order valence-electron chi connectivity index (χ4n) is 4.38. The zero-order valence-electron chi connectivity index (χ0n) is 10.0. The molecule has 3 aliphatic rings. The van der Waals surface area contributed by atoms with Crippen molar-refractivity contribution >= 4 is 9.84 Å². The van der Waals surface area contributed by atoms with E-state index in [0.717, 1.165) is 23.7 Å². The fraction of sp³-hybridized carbons (Fsp3) is 1.00. The average molecular weight is 243 g/mol. The molecule has 0 spiro atoms. The van der Waals surface area contributed by atoms with Gasteiger partial charge in [-0.3, -0.25) is 0 Å². The molecule has 16 heavy (non-hydrogen) atoms. The molecule has 2 bridgehead atoms. The van der Waals surface area contributed by atoms with Crippen LogP contribution in [0.2, 0.25) is 0 Å². The van der Waals surface area contributed by atoms with E-state index in [1.165, 1.54) is 25.5 Å². The van der Waals surface area contributed by atoms with Crippen LogP contribution in [0, 0.1) is 23.7 Å². The molecule has 1 N–H and O–H groups in total. The summed E-state index contributed by atoms with van der Waals surface area (Å²) in [6.45, 7) is 2.00. The lowest BCUT2D eigenvalue weighted by Gasteiger charge is -2.16. The van der Waals surface area contributed by atoms with Gasteiger partial charge in [0.1, 0.15) is 9.84 Å². The van der Waals surface area contributed by atoms with E-state index in [0.29, 0.717) is 6.04 Å². The Labute approximate surface area is 97.9 Å².